The number of anilines is 1. The highest BCUT2D eigenvalue weighted by molar-refractivity contribution is 5.47. The van der Waals surface area contributed by atoms with E-state index in [0.717, 1.165) is 12.4 Å². The van der Waals surface area contributed by atoms with E-state index in [-0.39, 0.29) is 0 Å². The van der Waals surface area contributed by atoms with Gasteiger partial charge in [-0.05, 0) is 45.3 Å². The van der Waals surface area contributed by atoms with Crippen molar-refractivity contribution >= 4 is 5.82 Å². The molecule has 2 heterocycles. The minimum absolute atomic E-state index is 0.561. The lowest BCUT2D eigenvalue weighted by Crippen LogP contribution is -2.35. The molecule has 1 fully saturated rings. The van der Waals surface area contributed by atoms with Crippen LogP contribution >= 0.6 is 0 Å². The molecule has 3 heteroatoms. The maximum absolute atomic E-state index is 4.62. The van der Waals surface area contributed by atoms with E-state index in [1.807, 2.05) is 6.20 Å². The predicted octanol–water partition coefficient (Wildman–Crippen LogP) is 3.47. The Balaban J connectivity index is 2.28. The van der Waals surface area contributed by atoms with E-state index in [2.05, 4.69) is 47.8 Å². The smallest absolute Gasteiger partial charge is 0.133 e. The van der Waals surface area contributed by atoms with Gasteiger partial charge in [-0.15, -0.1) is 0 Å². The van der Waals surface area contributed by atoms with Crippen LogP contribution in [0.15, 0.2) is 18.3 Å². The van der Waals surface area contributed by atoms with Crippen LogP contribution in [0.3, 0.4) is 0 Å². The maximum atomic E-state index is 4.62. The largest absolute Gasteiger partial charge is 0.360 e. The van der Waals surface area contributed by atoms with Gasteiger partial charge in [0.15, 0.2) is 0 Å². The number of piperidine rings is 1. The van der Waals surface area contributed by atoms with Crippen LogP contribution in [0.25, 0.3) is 0 Å². The van der Waals surface area contributed by atoms with Gasteiger partial charge in [0.2, 0.25) is 0 Å². The van der Waals surface area contributed by atoms with Crippen LogP contribution in [-0.4, -0.2) is 36.6 Å². The Bertz CT molecular complexity index is 389. The van der Waals surface area contributed by atoms with E-state index >= 15 is 0 Å². The first-order valence-electron chi connectivity index (χ1n) is 7.68. The average Bonchev–Trinajstić information content (AvgIpc) is 2.47. The summed E-state index contributed by atoms with van der Waals surface area (Å²) in [5, 5.41) is 0. The number of pyridine rings is 1. The van der Waals surface area contributed by atoms with Gasteiger partial charge in [-0.2, -0.15) is 0 Å². The van der Waals surface area contributed by atoms with E-state index in [1.54, 1.807) is 0 Å². The zero-order chi connectivity index (χ0) is 13.7. The van der Waals surface area contributed by atoms with Gasteiger partial charge in [-0.1, -0.05) is 19.4 Å². The highest BCUT2D eigenvalue weighted by atomic mass is 15.2. The third-order valence-corrected chi connectivity index (χ3v) is 4.14. The summed E-state index contributed by atoms with van der Waals surface area (Å²) in [4.78, 5) is 9.52. The SMILES string of the molecule is CCCN1CCCCC1c1cccnc1N(C)CC. The molecule has 0 bridgehead atoms. The lowest BCUT2D eigenvalue weighted by atomic mass is 9.95. The molecule has 106 valence electrons. The summed E-state index contributed by atoms with van der Waals surface area (Å²) in [7, 11) is 2.14. The van der Waals surface area contributed by atoms with Crippen molar-refractivity contribution in [3.63, 3.8) is 0 Å². The molecule has 1 aliphatic heterocycles. The average molecular weight is 261 g/mol. The molecule has 2 rings (SSSR count). The van der Waals surface area contributed by atoms with Gasteiger partial charge in [0.1, 0.15) is 5.82 Å². The molecule has 19 heavy (non-hydrogen) atoms. The van der Waals surface area contributed by atoms with Crippen LogP contribution in [0.5, 0.6) is 0 Å². The van der Waals surface area contributed by atoms with E-state index in [4.69, 9.17) is 0 Å². The lowest BCUT2D eigenvalue weighted by molar-refractivity contribution is 0.149. The van der Waals surface area contributed by atoms with Gasteiger partial charge >= 0.3 is 0 Å². The Morgan fingerprint density at radius 1 is 1.37 bits per heavy atom. The minimum atomic E-state index is 0.561. The molecule has 1 atom stereocenters. The second-order valence-electron chi connectivity index (χ2n) is 5.48. The molecule has 0 radical (unpaired) electrons. The second kappa shape index (κ2) is 6.90. The molecule has 0 N–H and O–H groups in total. The van der Waals surface area contributed by atoms with Crippen LogP contribution in [0.2, 0.25) is 0 Å². The Hall–Kier alpha value is -1.09. The molecule has 1 saturated heterocycles. The number of nitrogens with zero attached hydrogens (tertiary/aromatic N) is 3. The van der Waals surface area contributed by atoms with Crippen molar-refractivity contribution in [2.45, 2.75) is 45.6 Å². The molecule has 0 amide bonds. The molecule has 0 saturated carbocycles. The van der Waals surface area contributed by atoms with Gasteiger partial charge < -0.3 is 4.90 Å². The Kier molecular flexibility index (Phi) is 5.20. The predicted molar refractivity (Wildman–Crippen MR) is 81.6 cm³/mol. The summed E-state index contributed by atoms with van der Waals surface area (Å²) in [6.45, 7) is 7.90. The lowest BCUT2D eigenvalue weighted by Gasteiger charge is -2.37. The topological polar surface area (TPSA) is 19.4 Å². The molecular weight excluding hydrogens is 234 g/mol. The van der Waals surface area contributed by atoms with E-state index in [9.17, 15) is 0 Å². The van der Waals surface area contributed by atoms with Gasteiger partial charge in [0.25, 0.3) is 0 Å². The summed E-state index contributed by atoms with van der Waals surface area (Å²) in [6, 6.07) is 4.92. The number of hydrogen-bond acceptors (Lipinski definition) is 3. The van der Waals surface area contributed by atoms with Crippen LogP contribution in [0.1, 0.15) is 51.1 Å². The third kappa shape index (κ3) is 3.27. The van der Waals surface area contributed by atoms with Gasteiger partial charge in [-0.25, -0.2) is 4.98 Å². The molecule has 0 spiro atoms. The van der Waals surface area contributed by atoms with Crippen molar-refractivity contribution in [1.82, 2.24) is 9.88 Å². The van der Waals surface area contributed by atoms with Crippen molar-refractivity contribution in [3.05, 3.63) is 23.9 Å². The molecule has 1 aliphatic rings. The number of aromatic nitrogens is 1. The fraction of sp³-hybridized carbons (Fsp3) is 0.688. The highest BCUT2D eigenvalue weighted by Crippen LogP contribution is 2.35. The monoisotopic (exact) mass is 261 g/mol. The van der Waals surface area contributed by atoms with Gasteiger partial charge in [0, 0.05) is 31.4 Å². The van der Waals surface area contributed by atoms with E-state index in [1.165, 1.54) is 44.3 Å². The fourth-order valence-corrected chi connectivity index (χ4v) is 3.04. The first kappa shape index (κ1) is 14.3. The summed E-state index contributed by atoms with van der Waals surface area (Å²) in [6.07, 6.45) is 7.11. The normalized spacial score (nSPS) is 20.5. The first-order chi connectivity index (χ1) is 9.27. The van der Waals surface area contributed by atoms with Crippen LogP contribution in [0.4, 0.5) is 5.82 Å². The molecule has 1 aromatic heterocycles. The number of likely N-dealkylation sites (tertiary alicyclic amines) is 1. The summed E-state index contributed by atoms with van der Waals surface area (Å²) < 4.78 is 0. The molecule has 0 aromatic carbocycles. The molecule has 1 aromatic rings. The van der Waals surface area contributed by atoms with Crippen molar-refractivity contribution < 1.29 is 0 Å². The Morgan fingerprint density at radius 3 is 2.95 bits per heavy atom. The van der Waals surface area contributed by atoms with Crippen molar-refractivity contribution in [2.75, 3.05) is 31.6 Å². The van der Waals surface area contributed by atoms with Crippen LogP contribution in [-0.2, 0) is 0 Å². The number of hydrogen-bond donors (Lipinski definition) is 0. The zero-order valence-corrected chi connectivity index (χ0v) is 12.6. The number of rotatable bonds is 5. The van der Waals surface area contributed by atoms with Crippen molar-refractivity contribution in [3.8, 4) is 0 Å². The van der Waals surface area contributed by atoms with E-state index < -0.39 is 0 Å². The maximum Gasteiger partial charge on any atom is 0.133 e. The Morgan fingerprint density at radius 2 is 2.21 bits per heavy atom. The van der Waals surface area contributed by atoms with E-state index in [0.29, 0.717) is 6.04 Å². The fourth-order valence-electron chi connectivity index (χ4n) is 3.04. The van der Waals surface area contributed by atoms with Gasteiger partial charge in [0.05, 0.1) is 0 Å². The third-order valence-electron chi connectivity index (χ3n) is 4.14. The van der Waals surface area contributed by atoms with Crippen molar-refractivity contribution in [1.29, 1.82) is 0 Å². The molecule has 0 aliphatic carbocycles. The molecule has 3 nitrogen and oxygen atoms in total. The Labute approximate surface area is 117 Å². The summed E-state index contributed by atoms with van der Waals surface area (Å²) >= 11 is 0. The standard InChI is InChI=1S/C16H27N3/c1-4-12-19-13-7-6-10-15(19)14-9-8-11-17-16(14)18(3)5-2/h8-9,11,15H,4-7,10,12-13H2,1-3H3. The highest BCUT2D eigenvalue weighted by Gasteiger charge is 2.26. The summed E-state index contributed by atoms with van der Waals surface area (Å²) in [5.74, 6) is 1.16. The molecule has 1 unspecified atom stereocenters. The summed E-state index contributed by atoms with van der Waals surface area (Å²) in [5.41, 5.74) is 1.42. The first-order valence-corrected chi connectivity index (χ1v) is 7.68. The van der Waals surface area contributed by atoms with Crippen LogP contribution < -0.4 is 4.90 Å². The second-order valence-corrected chi connectivity index (χ2v) is 5.48. The van der Waals surface area contributed by atoms with Crippen LogP contribution in [0, 0.1) is 0 Å². The minimum Gasteiger partial charge on any atom is -0.360 e. The quantitative estimate of drug-likeness (QED) is 0.809. The van der Waals surface area contributed by atoms with Gasteiger partial charge in [-0.3, -0.25) is 4.90 Å². The molecular formula is C16H27N3. The van der Waals surface area contributed by atoms with Crippen molar-refractivity contribution in [2.24, 2.45) is 0 Å². The zero-order valence-electron chi connectivity index (χ0n) is 12.6.